The van der Waals surface area contributed by atoms with Crippen LogP contribution in [0.5, 0.6) is 11.5 Å². The molecule has 0 amide bonds. The quantitative estimate of drug-likeness (QED) is 0.517. The van der Waals surface area contributed by atoms with E-state index in [-0.39, 0.29) is 6.04 Å². The second-order valence-electron chi connectivity index (χ2n) is 7.99. The van der Waals surface area contributed by atoms with E-state index in [9.17, 15) is 0 Å². The molecule has 1 aliphatic heterocycles. The van der Waals surface area contributed by atoms with Gasteiger partial charge in [0.05, 0.1) is 27.3 Å². The number of benzene rings is 2. The zero-order chi connectivity index (χ0) is 21.6. The van der Waals surface area contributed by atoms with Gasteiger partial charge in [-0.3, -0.25) is 0 Å². The Balaban J connectivity index is 1.71. The van der Waals surface area contributed by atoms with Crippen LogP contribution in [0.4, 0.5) is 0 Å². The summed E-state index contributed by atoms with van der Waals surface area (Å²) in [6, 6.07) is 16.5. The first-order chi connectivity index (χ1) is 15.2. The van der Waals surface area contributed by atoms with Crippen LogP contribution in [-0.4, -0.2) is 67.2 Å². The van der Waals surface area contributed by atoms with Crippen LogP contribution in [-0.2, 0) is 6.54 Å². The molecule has 31 heavy (non-hydrogen) atoms. The van der Waals surface area contributed by atoms with Crippen LogP contribution in [0.1, 0.15) is 29.9 Å². The van der Waals surface area contributed by atoms with Crippen molar-refractivity contribution in [1.29, 1.82) is 0 Å². The predicted octanol–water partition coefficient (Wildman–Crippen LogP) is -0.369. The molecular formula is C23H32N6O2+2. The molecule has 1 fully saturated rings. The molecule has 0 unspecified atom stereocenters. The minimum absolute atomic E-state index is 0.0249. The summed E-state index contributed by atoms with van der Waals surface area (Å²) in [6.07, 6.45) is 0. The third-order valence-corrected chi connectivity index (χ3v) is 6.24. The summed E-state index contributed by atoms with van der Waals surface area (Å²) in [5, 5.41) is 12.9. The molecule has 2 heterocycles. The molecule has 2 aromatic carbocycles. The number of nitrogens with zero attached hydrogens (tertiary/aromatic N) is 4. The SMILES string of the molecule is CC[NH+]1CC[NH+]([C@@H](c2ccc(OC)c(OC)c2)c2nnnn2Cc2ccccc2)CC1. The van der Waals surface area contributed by atoms with E-state index in [0.717, 1.165) is 49.1 Å². The van der Waals surface area contributed by atoms with E-state index < -0.39 is 0 Å². The molecule has 0 radical (unpaired) electrons. The van der Waals surface area contributed by atoms with Crippen molar-refractivity contribution in [1.82, 2.24) is 20.2 Å². The molecule has 0 bridgehead atoms. The van der Waals surface area contributed by atoms with Crippen molar-refractivity contribution < 1.29 is 19.3 Å². The Morgan fingerprint density at radius 2 is 1.71 bits per heavy atom. The smallest absolute Gasteiger partial charge is 0.214 e. The zero-order valence-electron chi connectivity index (χ0n) is 18.5. The summed E-state index contributed by atoms with van der Waals surface area (Å²) in [5.74, 6) is 2.33. The number of quaternary nitrogens is 2. The maximum absolute atomic E-state index is 5.60. The van der Waals surface area contributed by atoms with Gasteiger partial charge in [0, 0.05) is 5.56 Å². The van der Waals surface area contributed by atoms with Crippen molar-refractivity contribution in [3.63, 3.8) is 0 Å². The Hall–Kier alpha value is -2.97. The fraction of sp³-hybridized carbons (Fsp3) is 0.435. The van der Waals surface area contributed by atoms with Crippen molar-refractivity contribution in [2.24, 2.45) is 0 Å². The molecule has 8 nitrogen and oxygen atoms in total. The lowest BCUT2D eigenvalue weighted by Gasteiger charge is -2.34. The van der Waals surface area contributed by atoms with Gasteiger partial charge in [-0.1, -0.05) is 30.3 Å². The van der Waals surface area contributed by atoms with E-state index in [0.29, 0.717) is 6.54 Å². The van der Waals surface area contributed by atoms with Gasteiger partial charge in [-0.2, -0.15) is 0 Å². The van der Waals surface area contributed by atoms with E-state index in [1.165, 1.54) is 17.0 Å². The van der Waals surface area contributed by atoms with Gasteiger partial charge in [0.25, 0.3) is 0 Å². The number of hydrogen-bond donors (Lipinski definition) is 2. The fourth-order valence-electron chi connectivity index (χ4n) is 4.45. The van der Waals surface area contributed by atoms with Gasteiger partial charge in [-0.15, -0.1) is 5.10 Å². The molecule has 0 saturated carbocycles. The molecule has 3 aromatic rings. The first kappa shape index (κ1) is 21.3. The maximum Gasteiger partial charge on any atom is 0.214 e. The number of methoxy groups -OCH3 is 2. The van der Waals surface area contributed by atoms with Crippen LogP contribution in [0.3, 0.4) is 0 Å². The highest BCUT2D eigenvalue weighted by molar-refractivity contribution is 5.44. The summed E-state index contributed by atoms with van der Waals surface area (Å²) in [7, 11) is 3.33. The van der Waals surface area contributed by atoms with Crippen molar-refractivity contribution in [2.75, 3.05) is 46.9 Å². The van der Waals surface area contributed by atoms with Gasteiger partial charge < -0.3 is 19.3 Å². The topological polar surface area (TPSA) is 70.9 Å². The lowest BCUT2D eigenvalue weighted by atomic mass is 10.0. The molecule has 1 atom stereocenters. The normalized spacial score (nSPS) is 19.7. The lowest BCUT2D eigenvalue weighted by Crippen LogP contribution is -3.28. The van der Waals surface area contributed by atoms with Crippen LogP contribution >= 0.6 is 0 Å². The number of nitrogens with one attached hydrogen (secondary N) is 2. The average Bonchev–Trinajstić information content (AvgIpc) is 3.27. The second-order valence-corrected chi connectivity index (χ2v) is 7.99. The highest BCUT2D eigenvalue weighted by Gasteiger charge is 2.35. The maximum atomic E-state index is 5.60. The number of likely N-dealkylation sites (N-methyl/N-ethyl adjacent to an activating group) is 1. The average molecular weight is 425 g/mol. The van der Waals surface area contributed by atoms with E-state index in [4.69, 9.17) is 9.47 Å². The van der Waals surface area contributed by atoms with E-state index in [2.05, 4.69) is 46.7 Å². The summed E-state index contributed by atoms with van der Waals surface area (Å²) < 4.78 is 13.0. The van der Waals surface area contributed by atoms with Crippen molar-refractivity contribution >= 4 is 0 Å². The molecule has 0 spiro atoms. The molecular weight excluding hydrogens is 392 g/mol. The highest BCUT2D eigenvalue weighted by Crippen LogP contribution is 2.31. The standard InChI is InChI=1S/C23H30N6O2/c1-4-27-12-14-28(15-13-27)22(19-10-11-20(30-2)21(16-19)31-3)23-24-25-26-29(23)17-18-8-6-5-7-9-18/h5-11,16,22H,4,12-15,17H2,1-3H3/p+2/t22-/m0/s1. The molecule has 1 aliphatic rings. The summed E-state index contributed by atoms with van der Waals surface area (Å²) in [5.41, 5.74) is 2.31. The zero-order valence-corrected chi connectivity index (χ0v) is 18.5. The molecule has 4 rings (SSSR count). The number of tetrazole rings is 1. The van der Waals surface area contributed by atoms with Crippen molar-refractivity contribution in [2.45, 2.75) is 19.5 Å². The van der Waals surface area contributed by atoms with Crippen LogP contribution < -0.4 is 19.3 Å². The summed E-state index contributed by atoms with van der Waals surface area (Å²) in [4.78, 5) is 3.13. The van der Waals surface area contributed by atoms with Crippen LogP contribution in [0, 0.1) is 0 Å². The van der Waals surface area contributed by atoms with E-state index in [1.54, 1.807) is 19.1 Å². The number of hydrogen-bond acceptors (Lipinski definition) is 5. The van der Waals surface area contributed by atoms with Gasteiger partial charge in [-0.05, 0) is 41.1 Å². The van der Waals surface area contributed by atoms with E-state index in [1.807, 2.05) is 28.9 Å². The third-order valence-electron chi connectivity index (χ3n) is 6.24. The minimum Gasteiger partial charge on any atom is -0.493 e. The molecule has 0 aliphatic carbocycles. The van der Waals surface area contributed by atoms with Crippen molar-refractivity contribution in [3.05, 3.63) is 65.5 Å². The van der Waals surface area contributed by atoms with Gasteiger partial charge in [0.2, 0.25) is 5.82 Å². The Morgan fingerprint density at radius 1 is 0.968 bits per heavy atom. The lowest BCUT2D eigenvalue weighted by molar-refractivity contribution is -1.02. The third kappa shape index (κ3) is 4.70. The van der Waals surface area contributed by atoms with Crippen LogP contribution in [0.2, 0.25) is 0 Å². The van der Waals surface area contributed by atoms with Crippen molar-refractivity contribution in [3.8, 4) is 11.5 Å². The van der Waals surface area contributed by atoms with Gasteiger partial charge >= 0.3 is 0 Å². The monoisotopic (exact) mass is 424 g/mol. The number of rotatable bonds is 8. The van der Waals surface area contributed by atoms with Gasteiger partial charge in [0.1, 0.15) is 26.2 Å². The molecule has 2 N–H and O–H groups in total. The van der Waals surface area contributed by atoms with Crippen LogP contribution in [0.25, 0.3) is 0 Å². The Morgan fingerprint density at radius 3 is 2.39 bits per heavy atom. The molecule has 8 heteroatoms. The predicted molar refractivity (Wildman–Crippen MR) is 117 cm³/mol. The fourth-order valence-corrected chi connectivity index (χ4v) is 4.45. The van der Waals surface area contributed by atoms with E-state index >= 15 is 0 Å². The molecule has 1 aromatic heterocycles. The first-order valence-corrected chi connectivity index (χ1v) is 10.9. The minimum atomic E-state index is 0.0249. The van der Waals surface area contributed by atoms with Gasteiger partial charge in [0.15, 0.2) is 17.5 Å². The number of aromatic nitrogens is 4. The first-order valence-electron chi connectivity index (χ1n) is 10.9. The van der Waals surface area contributed by atoms with Crippen LogP contribution in [0.15, 0.2) is 48.5 Å². The Bertz CT molecular complexity index is 969. The molecule has 1 saturated heterocycles. The number of ether oxygens (including phenoxy) is 2. The second kappa shape index (κ2) is 9.89. The van der Waals surface area contributed by atoms with Gasteiger partial charge in [-0.25, -0.2) is 4.68 Å². The Kier molecular flexibility index (Phi) is 6.79. The Labute approximate surface area is 183 Å². The summed E-state index contributed by atoms with van der Waals surface area (Å²) >= 11 is 0. The highest BCUT2D eigenvalue weighted by atomic mass is 16.5. The molecule has 164 valence electrons. The largest absolute Gasteiger partial charge is 0.493 e. The summed E-state index contributed by atoms with van der Waals surface area (Å²) in [6.45, 7) is 8.51. The number of piperazine rings is 1.